The summed E-state index contributed by atoms with van der Waals surface area (Å²) in [5.41, 5.74) is 2.99. The number of hydrogen-bond acceptors (Lipinski definition) is 0. The molecule has 1 nitrogen and oxygen atoms in total. The van der Waals surface area contributed by atoms with E-state index in [0.29, 0.717) is 12.0 Å². The topological polar surface area (TPSA) is 4.93 Å². The minimum Gasteiger partial charge on any atom is -0.344 e. The van der Waals surface area contributed by atoms with Gasteiger partial charge >= 0.3 is 0 Å². The van der Waals surface area contributed by atoms with Crippen molar-refractivity contribution in [3.8, 4) is 0 Å². The molecule has 5 atom stereocenters. The van der Waals surface area contributed by atoms with E-state index < -0.39 is 0 Å². The summed E-state index contributed by atoms with van der Waals surface area (Å²) in [6, 6.07) is 27.7. The predicted molar refractivity (Wildman–Crippen MR) is 122 cm³/mol. The molecule has 5 unspecified atom stereocenters. The van der Waals surface area contributed by atoms with Gasteiger partial charge in [0, 0.05) is 17.8 Å². The van der Waals surface area contributed by atoms with Crippen molar-refractivity contribution in [1.82, 2.24) is 4.57 Å². The number of nitrogens with zero attached hydrogens (tertiary/aromatic N) is 1. The number of hydrogen-bond donors (Lipinski definition) is 0. The second-order valence-corrected chi connectivity index (χ2v) is 9.58. The summed E-state index contributed by atoms with van der Waals surface area (Å²) in [7, 11) is 0. The molecule has 0 bridgehead atoms. The molecule has 0 amide bonds. The Kier molecular flexibility index (Phi) is 4.04. The number of rotatable bonds is 2. The summed E-state index contributed by atoms with van der Waals surface area (Å²) in [6.45, 7) is 2.47. The summed E-state index contributed by atoms with van der Waals surface area (Å²) < 4.78 is 2.59. The normalized spacial score (nSPS) is 29.3. The first-order valence-electron chi connectivity index (χ1n) is 11.3. The Bertz CT molecular complexity index is 1160. The zero-order valence-electron chi connectivity index (χ0n) is 17.2. The van der Waals surface area contributed by atoms with Crippen molar-refractivity contribution >= 4 is 21.7 Å². The second-order valence-electron chi connectivity index (χ2n) is 9.58. The lowest BCUT2D eigenvalue weighted by molar-refractivity contribution is 0.182. The van der Waals surface area contributed by atoms with E-state index in [9.17, 15) is 0 Å². The van der Waals surface area contributed by atoms with E-state index in [-0.39, 0.29) is 0 Å². The van der Waals surface area contributed by atoms with Gasteiger partial charge in [-0.3, -0.25) is 0 Å². The first-order valence-corrected chi connectivity index (χ1v) is 11.3. The fourth-order valence-electron chi connectivity index (χ4n) is 6.70. The average molecular weight is 380 g/mol. The lowest BCUT2D eigenvalue weighted by atomic mass is 9.68. The fourth-order valence-corrected chi connectivity index (χ4v) is 6.70. The Balaban J connectivity index is 1.46. The van der Waals surface area contributed by atoms with Gasteiger partial charge in [0.15, 0.2) is 0 Å². The van der Waals surface area contributed by atoms with Gasteiger partial charge < -0.3 is 4.57 Å². The van der Waals surface area contributed by atoms with Gasteiger partial charge in [-0.1, -0.05) is 67.6 Å². The average Bonchev–Trinajstić information content (AvgIpc) is 3.35. The summed E-state index contributed by atoms with van der Waals surface area (Å²) in [5, 5.41) is 4.23. The Morgan fingerprint density at radius 1 is 0.724 bits per heavy atom. The second kappa shape index (κ2) is 6.76. The lowest BCUT2D eigenvalue weighted by Gasteiger charge is -2.40. The Morgan fingerprint density at radius 2 is 1.52 bits per heavy atom. The van der Waals surface area contributed by atoms with Crippen LogP contribution in [0.5, 0.6) is 0 Å². The van der Waals surface area contributed by atoms with Gasteiger partial charge in [-0.15, -0.1) is 0 Å². The molecule has 29 heavy (non-hydrogen) atoms. The molecule has 0 spiro atoms. The van der Waals surface area contributed by atoms with Gasteiger partial charge in [-0.25, -0.2) is 0 Å². The van der Waals surface area contributed by atoms with Crippen LogP contribution < -0.4 is 0 Å². The molecule has 4 aromatic rings. The van der Waals surface area contributed by atoms with E-state index in [1.807, 2.05) is 0 Å². The van der Waals surface area contributed by atoms with Gasteiger partial charge in [-0.05, 0) is 83.2 Å². The minimum absolute atomic E-state index is 0.602. The summed E-state index contributed by atoms with van der Waals surface area (Å²) in [5.74, 6) is 3.22. The Hall–Kier alpha value is -2.54. The van der Waals surface area contributed by atoms with E-state index in [1.54, 1.807) is 5.56 Å². The molecule has 2 fully saturated rings. The third-order valence-corrected chi connectivity index (χ3v) is 7.85. The predicted octanol–water partition coefficient (Wildman–Crippen LogP) is 7.58. The smallest absolute Gasteiger partial charge is 0.0482 e. The van der Waals surface area contributed by atoms with Gasteiger partial charge in [-0.2, -0.15) is 0 Å². The zero-order valence-corrected chi connectivity index (χ0v) is 17.2. The monoisotopic (exact) mass is 379 g/mol. The van der Waals surface area contributed by atoms with Gasteiger partial charge in [0.05, 0.1) is 0 Å². The van der Waals surface area contributed by atoms with E-state index >= 15 is 0 Å². The summed E-state index contributed by atoms with van der Waals surface area (Å²) in [6.07, 6.45) is 7.75. The molecule has 1 aromatic heterocycles. The molecule has 2 saturated carbocycles. The van der Waals surface area contributed by atoms with Crippen LogP contribution in [0.25, 0.3) is 21.7 Å². The fraction of sp³-hybridized carbons (Fsp3) is 0.357. The SMILES string of the molecule is CC1CC2CC(n3ccc4ccccc43)CC(c3cccc4ccccc34)C2C1. The molecule has 0 radical (unpaired) electrons. The highest BCUT2D eigenvalue weighted by Crippen LogP contribution is 2.55. The van der Waals surface area contributed by atoms with E-state index in [0.717, 1.165) is 17.8 Å². The summed E-state index contributed by atoms with van der Waals surface area (Å²) >= 11 is 0. The number of benzene rings is 3. The van der Waals surface area contributed by atoms with Crippen molar-refractivity contribution in [2.75, 3.05) is 0 Å². The van der Waals surface area contributed by atoms with Gasteiger partial charge in [0.2, 0.25) is 0 Å². The van der Waals surface area contributed by atoms with Crippen LogP contribution in [0.2, 0.25) is 0 Å². The number of aromatic nitrogens is 1. The highest BCUT2D eigenvalue weighted by atomic mass is 15.0. The third kappa shape index (κ3) is 2.82. The molecule has 146 valence electrons. The van der Waals surface area contributed by atoms with Crippen LogP contribution in [-0.2, 0) is 0 Å². The van der Waals surface area contributed by atoms with Crippen LogP contribution in [0.15, 0.2) is 79.0 Å². The molecular weight excluding hydrogens is 350 g/mol. The molecule has 2 aliphatic rings. The first-order chi connectivity index (χ1) is 14.3. The van der Waals surface area contributed by atoms with Crippen molar-refractivity contribution in [2.45, 2.75) is 44.6 Å². The molecule has 1 heteroatoms. The highest BCUT2D eigenvalue weighted by Gasteiger charge is 2.44. The van der Waals surface area contributed by atoms with Crippen molar-refractivity contribution in [3.63, 3.8) is 0 Å². The van der Waals surface area contributed by atoms with Crippen LogP contribution in [-0.4, -0.2) is 4.57 Å². The van der Waals surface area contributed by atoms with Crippen molar-refractivity contribution in [2.24, 2.45) is 17.8 Å². The lowest BCUT2D eigenvalue weighted by Crippen LogP contribution is -2.29. The van der Waals surface area contributed by atoms with E-state index in [4.69, 9.17) is 0 Å². The van der Waals surface area contributed by atoms with Crippen LogP contribution >= 0.6 is 0 Å². The third-order valence-electron chi connectivity index (χ3n) is 7.85. The minimum atomic E-state index is 0.602. The van der Waals surface area contributed by atoms with Crippen LogP contribution in [0, 0.1) is 17.8 Å². The molecule has 0 saturated heterocycles. The van der Waals surface area contributed by atoms with Gasteiger partial charge in [0.1, 0.15) is 0 Å². The molecule has 0 N–H and O–H groups in total. The molecular formula is C28H29N. The number of para-hydroxylation sites is 1. The quantitative estimate of drug-likeness (QED) is 0.338. The standard InChI is InChI=1S/C28H29N/c1-19-15-22-17-23(29-14-13-21-8-3-5-12-28(21)29)18-27(26(22)16-19)25-11-6-9-20-7-2-4-10-24(20)25/h2-14,19,22-23,26-27H,15-18H2,1H3. The van der Waals surface area contributed by atoms with Crippen LogP contribution in [0.4, 0.5) is 0 Å². The van der Waals surface area contributed by atoms with Crippen molar-refractivity contribution < 1.29 is 0 Å². The first kappa shape index (κ1) is 17.3. The molecule has 6 rings (SSSR count). The zero-order chi connectivity index (χ0) is 19.4. The Labute approximate surface area is 173 Å². The molecule has 1 heterocycles. The van der Waals surface area contributed by atoms with E-state index in [1.165, 1.54) is 47.4 Å². The number of fused-ring (bicyclic) bond motifs is 3. The van der Waals surface area contributed by atoms with E-state index in [2.05, 4.69) is 90.5 Å². The maximum Gasteiger partial charge on any atom is 0.0482 e. The molecule has 2 aliphatic carbocycles. The highest BCUT2D eigenvalue weighted by molar-refractivity contribution is 5.86. The maximum atomic E-state index is 2.59. The Morgan fingerprint density at radius 3 is 2.45 bits per heavy atom. The van der Waals surface area contributed by atoms with Crippen LogP contribution in [0.3, 0.4) is 0 Å². The maximum absolute atomic E-state index is 2.59. The molecule has 0 aliphatic heterocycles. The van der Waals surface area contributed by atoms with Crippen molar-refractivity contribution in [1.29, 1.82) is 0 Å². The van der Waals surface area contributed by atoms with Crippen LogP contribution in [0.1, 0.15) is 50.1 Å². The molecule has 3 aromatic carbocycles. The summed E-state index contributed by atoms with van der Waals surface area (Å²) in [4.78, 5) is 0. The van der Waals surface area contributed by atoms with Crippen molar-refractivity contribution in [3.05, 3.63) is 84.6 Å². The van der Waals surface area contributed by atoms with Gasteiger partial charge in [0.25, 0.3) is 0 Å². The largest absolute Gasteiger partial charge is 0.344 e.